The molecule has 2 heterocycles. The van der Waals surface area contributed by atoms with Crippen molar-refractivity contribution in [1.82, 2.24) is 4.57 Å². The number of rotatable bonds is 5. The van der Waals surface area contributed by atoms with Crippen LogP contribution in [0, 0.1) is 22.7 Å². The molecule has 1 aliphatic heterocycles. The van der Waals surface area contributed by atoms with Gasteiger partial charge in [0.25, 0.3) is 11.8 Å². The van der Waals surface area contributed by atoms with E-state index in [0.29, 0.717) is 39.2 Å². The lowest BCUT2D eigenvalue weighted by Gasteiger charge is -2.20. The number of nitriles is 2. The van der Waals surface area contributed by atoms with E-state index in [1.165, 1.54) is 4.90 Å². The van der Waals surface area contributed by atoms with Crippen LogP contribution in [-0.4, -0.2) is 16.4 Å². The Morgan fingerprint density at radius 3 is 1.92 bits per heavy atom. The molecule has 0 radical (unpaired) electrons. The molecule has 2 amide bonds. The fraction of sp³-hybridized carbons (Fsp3) is 0. The lowest BCUT2D eigenvalue weighted by atomic mass is 9.96. The third-order valence-electron chi connectivity index (χ3n) is 9.82. The summed E-state index contributed by atoms with van der Waals surface area (Å²) in [5.74, 6) is -0.814. The third-order valence-corrected chi connectivity index (χ3v) is 9.82. The minimum absolute atomic E-state index is 0.302. The number of para-hydroxylation sites is 2. The number of anilines is 1. The molecule has 6 heteroatoms. The van der Waals surface area contributed by atoms with Crippen LogP contribution < -0.4 is 4.90 Å². The third kappa shape index (κ3) is 4.64. The summed E-state index contributed by atoms with van der Waals surface area (Å²) in [6.45, 7) is 0. The van der Waals surface area contributed by atoms with Gasteiger partial charge in [-0.15, -0.1) is 0 Å². The van der Waals surface area contributed by atoms with Gasteiger partial charge < -0.3 is 4.57 Å². The first-order valence-electron chi connectivity index (χ1n) is 16.8. The van der Waals surface area contributed by atoms with E-state index in [1.807, 2.05) is 138 Å². The highest BCUT2D eigenvalue weighted by molar-refractivity contribution is 6.36. The molecule has 0 spiro atoms. The summed E-state index contributed by atoms with van der Waals surface area (Å²) in [5, 5.41) is 21.6. The number of carbonyl (C=O) groups is 2. The molecule has 0 N–H and O–H groups in total. The van der Waals surface area contributed by atoms with Gasteiger partial charge in [0, 0.05) is 27.5 Å². The molecule has 7 aromatic carbocycles. The Hall–Kier alpha value is -7.54. The molecule has 0 saturated heterocycles. The molecule has 6 nitrogen and oxygen atoms in total. The van der Waals surface area contributed by atoms with Crippen LogP contribution in [0.2, 0.25) is 0 Å². The molecule has 0 bridgehead atoms. The Bertz CT molecular complexity index is 2860. The summed E-state index contributed by atoms with van der Waals surface area (Å²) >= 11 is 0. The molecular formula is C46H26N4O2. The van der Waals surface area contributed by atoms with Crippen molar-refractivity contribution in [3.8, 4) is 51.2 Å². The maximum Gasteiger partial charge on any atom is 0.268 e. The molecule has 52 heavy (non-hydrogen) atoms. The van der Waals surface area contributed by atoms with Gasteiger partial charge in [0.1, 0.15) is 0 Å². The first-order chi connectivity index (χ1) is 25.6. The summed E-state index contributed by atoms with van der Waals surface area (Å²) in [6, 6.07) is 54.4. The Morgan fingerprint density at radius 1 is 0.462 bits per heavy atom. The first kappa shape index (κ1) is 30.5. The van der Waals surface area contributed by atoms with Crippen molar-refractivity contribution in [1.29, 1.82) is 10.5 Å². The zero-order chi connectivity index (χ0) is 35.3. The summed E-state index contributed by atoms with van der Waals surface area (Å²) in [6.07, 6.45) is 0. The van der Waals surface area contributed by atoms with Crippen LogP contribution in [0.3, 0.4) is 0 Å². The van der Waals surface area contributed by atoms with E-state index in [-0.39, 0.29) is 0 Å². The SMILES string of the molecule is N#Cc1ccc(-c2cccc3c4ccccc4n(-c4cccc5c4C(=O)N(c4ccc(-c6ccccc6)cc4-c4ccccc4)C5=O)c23)c(C#N)c1. The number of hydrogen-bond acceptors (Lipinski definition) is 4. The number of imide groups is 1. The van der Waals surface area contributed by atoms with E-state index in [1.54, 1.807) is 24.3 Å². The number of aromatic nitrogens is 1. The lowest BCUT2D eigenvalue weighted by molar-refractivity contribution is 0.0926. The van der Waals surface area contributed by atoms with Gasteiger partial charge in [-0.3, -0.25) is 9.59 Å². The Kier molecular flexibility index (Phi) is 7.10. The summed E-state index contributed by atoms with van der Waals surface area (Å²) in [4.78, 5) is 30.6. The maximum atomic E-state index is 14.9. The number of carbonyl (C=O) groups excluding carboxylic acids is 2. The smallest absolute Gasteiger partial charge is 0.268 e. The fourth-order valence-corrected chi connectivity index (χ4v) is 7.49. The Labute approximate surface area is 299 Å². The molecule has 1 aromatic heterocycles. The molecule has 9 rings (SSSR count). The molecule has 8 aromatic rings. The van der Waals surface area contributed by atoms with Crippen LogP contribution in [-0.2, 0) is 0 Å². The monoisotopic (exact) mass is 666 g/mol. The van der Waals surface area contributed by atoms with Crippen molar-refractivity contribution in [3.63, 3.8) is 0 Å². The van der Waals surface area contributed by atoms with E-state index in [0.717, 1.165) is 49.6 Å². The quantitative estimate of drug-likeness (QED) is 0.171. The predicted molar refractivity (Wildman–Crippen MR) is 204 cm³/mol. The van der Waals surface area contributed by atoms with Gasteiger partial charge >= 0.3 is 0 Å². The largest absolute Gasteiger partial charge is 0.308 e. The highest BCUT2D eigenvalue weighted by atomic mass is 16.2. The van der Waals surface area contributed by atoms with Crippen molar-refractivity contribution in [2.75, 3.05) is 4.90 Å². The number of amides is 2. The average Bonchev–Trinajstić information content (AvgIpc) is 3.68. The summed E-state index contributed by atoms with van der Waals surface area (Å²) < 4.78 is 2.03. The van der Waals surface area contributed by atoms with Crippen molar-refractivity contribution >= 4 is 39.3 Å². The van der Waals surface area contributed by atoms with Crippen LogP contribution in [0.4, 0.5) is 5.69 Å². The Morgan fingerprint density at radius 2 is 1.15 bits per heavy atom. The van der Waals surface area contributed by atoms with E-state index in [4.69, 9.17) is 0 Å². The van der Waals surface area contributed by atoms with E-state index in [9.17, 15) is 20.1 Å². The lowest BCUT2D eigenvalue weighted by Crippen LogP contribution is -2.30. The van der Waals surface area contributed by atoms with Crippen molar-refractivity contribution in [2.24, 2.45) is 0 Å². The number of benzene rings is 7. The highest BCUT2D eigenvalue weighted by Crippen LogP contribution is 2.43. The van der Waals surface area contributed by atoms with Crippen LogP contribution in [0.5, 0.6) is 0 Å². The molecule has 0 aliphatic carbocycles. The second kappa shape index (κ2) is 12.1. The van der Waals surface area contributed by atoms with Crippen LogP contribution in [0.15, 0.2) is 158 Å². The standard InChI is InChI=1S/C46H26N4O2/c47-27-29-21-23-34(33(25-29)28-48)36-16-9-17-37-35-15-7-8-19-40(35)49(44(36)37)42-20-10-18-38-43(42)46(52)50(45(38)51)41-24-22-32(30-11-3-1-4-12-30)26-39(41)31-13-5-2-6-14-31/h1-26H. The topological polar surface area (TPSA) is 89.9 Å². The highest BCUT2D eigenvalue weighted by Gasteiger charge is 2.40. The molecule has 1 aliphatic rings. The van der Waals surface area contributed by atoms with E-state index in [2.05, 4.69) is 12.1 Å². The molecule has 0 fully saturated rings. The summed E-state index contributed by atoms with van der Waals surface area (Å²) in [7, 11) is 0. The second-order valence-electron chi connectivity index (χ2n) is 12.6. The molecule has 0 saturated carbocycles. The zero-order valence-electron chi connectivity index (χ0n) is 27.6. The number of hydrogen-bond donors (Lipinski definition) is 0. The first-order valence-corrected chi connectivity index (χ1v) is 16.8. The van der Waals surface area contributed by atoms with E-state index >= 15 is 0 Å². The minimum Gasteiger partial charge on any atom is -0.308 e. The normalized spacial score (nSPS) is 12.2. The van der Waals surface area contributed by atoms with E-state index < -0.39 is 11.8 Å². The van der Waals surface area contributed by atoms with Crippen LogP contribution in [0.1, 0.15) is 31.8 Å². The second-order valence-corrected chi connectivity index (χ2v) is 12.6. The van der Waals surface area contributed by atoms with Gasteiger partial charge in [-0.05, 0) is 59.2 Å². The van der Waals surface area contributed by atoms with Gasteiger partial charge in [0.15, 0.2) is 0 Å². The number of nitrogens with zero attached hydrogens (tertiary/aromatic N) is 4. The van der Waals surface area contributed by atoms with Crippen molar-refractivity contribution in [2.45, 2.75) is 0 Å². The van der Waals surface area contributed by atoms with Gasteiger partial charge in [-0.1, -0.05) is 115 Å². The van der Waals surface area contributed by atoms with Crippen LogP contribution >= 0.6 is 0 Å². The van der Waals surface area contributed by atoms with Crippen molar-refractivity contribution in [3.05, 3.63) is 180 Å². The molecule has 0 unspecified atom stereocenters. The van der Waals surface area contributed by atoms with Crippen LogP contribution in [0.25, 0.3) is 60.9 Å². The molecule has 0 atom stereocenters. The van der Waals surface area contributed by atoms with Gasteiger partial charge in [-0.25, -0.2) is 4.90 Å². The minimum atomic E-state index is -0.417. The predicted octanol–water partition coefficient (Wildman–Crippen LogP) is 10.3. The maximum absolute atomic E-state index is 14.9. The summed E-state index contributed by atoms with van der Waals surface area (Å²) in [5.41, 5.74) is 9.15. The Balaban J connectivity index is 1.28. The fourth-order valence-electron chi connectivity index (χ4n) is 7.49. The van der Waals surface area contributed by atoms with Gasteiger partial charge in [0.2, 0.25) is 0 Å². The zero-order valence-corrected chi connectivity index (χ0v) is 27.6. The van der Waals surface area contributed by atoms with Crippen molar-refractivity contribution < 1.29 is 9.59 Å². The number of fused-ring (bicyclic) bond motifs is 4. The molecular weight excluding hydrogens is 641 g/mol. The van der Waals surface area contributed by atoms with Gasteiger partial charge in [-0.2, -0.15) is 10.5 Å². The average molecular weight is 667 g/mol. The van der Waals surface area contributed by atoms with Gasteiger partial charge in [0.05, 0.1) is 56.8 Å². The molecule has 242 valence electrons.